The summed E-state index contributed by atoms with van der Waals surface area (Å²) in [4.78, 5) is 142. The molecule has 99 heavy (non-hydrogen) atoms. The number of phosphoric acid groups is 5. The number of methoxy groups -OCH3 is 1. The molecule has 15 N–H and O–H groups in total. The van der Waals surface area contributed by atoms with Gasteiger partial charge in [0.05, 0.1) is 52.5 Å². The van der Waals surface area contributed by atoms with E-state index in [1.165, 1.54) is 7.05 Å². The number of aryl methyl sites for hydroxylation is 1. The summed E-state index contributed by atoms with van der Waals surface area (Å²) in [6.45, 7) is -5.84. The third kappa shape index (κ3) is 14.1. The maximum atomic E-state index is 15.5. The van der Waals surface area contributed by atoms with Crippen LogP contribution in [0, 0.1) is 0 Å². The highest BCUT2D eigenvalue weighted by molar-refractivity contribution is 7.65. The van der Waals surface area contributed by atoms with E-state index in [1.807, 2.05) is 0 Å². The minimum atomic E-state index is -6.83. The number of nitrogen functional groups attached to an aromatic ring is 4. The number of rotatable bonds is 25. The summed E-state index contributed by atoms with van der Waals surface area (Å²) in [7, 11) is -29.7. The molecule has 540 valence electrons. The van der Waals surface area contributed by atoms with Gasteiger partial charge in [-0.05, 0) is 0 Å². The number of aromatic amines is 3. The van der Waals surface area contributed by atoms with Crippen LogP contribution in [0.1, 0.15) is 24.9 Å². The van der Waals surface area contributed by atoms with Gasteiger partial charge in [-0.2, -0.15) is 23.3 Å². The van der Waals surface area contributed by atoms with Crippen molar-refractivity contribution in [1.82, 2.24) is 73.1 Å². The zero-order valence-corrected chi connectivity index (χ0v) is 53.9. The van der Waals surface area contributed by atoms with Crippen LogP contribution in [-0.2, 0) is 89.3 Å². The number of phosphoric ester groups is 4. The normalized spacial score (nSPS) is 30.3. The van der Waals surface area contributed by atoms with Crippen molar-refractivity contribution in [3.63, 3.8) is 0 Å². The first-order chi connectivity index (χ1) is 46.4. The van der Waals surface area contributed by atoms with E-state index in [2.05, 4.69) is 68.0 Å². The molecule has 57 heteroatoms. The lowest BCUT2D eigenvalue weighted by Crippen LogP contribution is -2.50. The number of H-pyrrole nitrogens is 3. The number of alkyl halides is 2. The number of hydrogen-bond donors (Lipinski definition) is 11. The number of nitrogens with one attached hydrogen (secondary N) is 3. The molecule has 0 amide bonds. The number of halogens is 2. The average molecular weight is 1510 g/mol. The van der Waals surface area contributed by atoms with E-state index in [1.54, 1.807) is 0 Å². The molecule has 4 saturated heterocycles. The zero-order valence-electron chi connectivity index (χ0n) is 49.4. The molecule has 0 radical (unpaired) electrons. The highest BCUT2D eigenvalue weighted by Gasteiger charge is 2.62. The Kier molecular flexibility index (Phi) is 19.1. The Hall–Kier alpha value is -7.07. The molecule has 0 bridgehead atoms. The first-order valence-electron chi connectivity index (χ1n) is 27.7. The number of anilines is 4. The zero-order chi connectivity index (χ0) is 71.5. The summed E-state index contributed by atoms with van der Waals surface area (Å²) in [6.07, 6.45) is -26.9. The van der Waals surface area contributed by atoms with E-state index in [-0.39, 0.29) is 39.6 Å². The van der Waals surface area contributed by atoms with Gasteiger partial charge >= 0.3 is 11.6 Å². The van der Waals surface area contributed by atoms with Gasteiger partial charge in [0.25, 0.3) is 68.0 Å². The van der Waals surface area contributed by atoms with E-state index in [4.69, 9.17) is 69.2 Å². The topological polar surface area (TPSA) is 731 Å². The van der Waals surface area contributed by atoms with E-state index in [9.17, 15) is 82.1 Å². The lowest BCUT2D eigenvalue weighted by molar-refractivity contribution is -0.756. The van der Waals surface area contributed by atoms with Gasteiger partial charge < -0.3 is 119 Å². The number of aliphatic hydroxyl groups is 4. The predicted octanol–water partition coefficient (Wildman–Crippen LogP) is -8.12. The lowest BCUT2D eigenvalue weighted by Gasteiger charge is -2.35. The number of nitrogens with zero attached hydrogens (tertiary/aromatic N) is 13. The fourth-order valence-electron chi connectivity index (χ4n) is 10.9. The van der Waals surface area contributed by atoms with E-state index in [0.717, 1.165) is 57.0 Å². The second-order valence-electron chi connectivity index (χ2n) is 21.6. The molecule has 20 unspecified atom stereocenters. The summed E-state index contributed by atoms with van der Waals surface area (Å²) >= 11 is 0. The Balaban J connectivity index is 0.742. The summed E-state index contributed by atoms with van der Waals surface area (Å²) in [5, 5.41) is 44.1. The number of imidazole rings is 4. The number of aromatic nitrogens is 16. The van der Waals surface area contributed by atoms with Crippen molar-refractivity contribution in [2.45, 2.75) is 98.0 Å². The van der Waals surface area contributed by atoms with Gasteiger partial charge in [-0.25, -0.2) is 33.5 Å². The van der Waals surface area contributed by atoms with Crippen LogP contribution in [0.5, 0.6) is 0 Å². The molecule has 4 aliphatic heterocycles. The molecule has 12 rings (SSSR count). The smallest absolute Gasteiger partial charge is 0.333 e. The van der Waals surface area contributed by atoms with Crippen molar-refractivity contribution in [2.75, 3.05) is 56.5 Å². The molecule has 8 aromatic heterocycles. The van der Waals surface area contributed by atoms with Crippen LogP contribution in [0.3, 0.4) is 0 Å². The van der Waals surface area contributed by atoms with Crippen LogP contribution >= 0.6 is 39.1 Å². The highest BCUT2D eigenvalue weighted by atomic mass is 31.3. The molecule has 12 heterocycles. The molecule has 8 aromatic rings. The molecule has 0 saturated carbocycles. The largest absolute Gasteiger partial charge is 0.756 e. The summed E-state index contributed by atoms with van der Waals surface area (Å²) in [5.41, 5.74) is 18.0. The molecule has 0 aromatic carbocycles. The SMILES string of the molecule is COC1C(OP(=O)([O-])OCC2OC(n3cnc4c(=O)[nH]c(N)nc43)C(O)C2OP(=O)([O-])OCC2OC(n3cnc4c(=O)[nH]c(N)nc43)C(O)C2O)C(COP(=O)([O-])OP(=O)([O-])OP(=O)([O-])OCC2OC([n+]3cn(C)c4c(=O)[nH]c(N)nc43)C(F)(F)C2O)OC1n1cnc2c(N)ncnc21. The van der Waals surface area contributed by atoms with Crippen LogP contribution < -0.4 is 68.6 Å². The van der Waals surface area contributed by atoms with Crippen LogP contribution in [-0.4, -0.2) is 200 Å². The van der Waals surface area contributed by atoms with E-state index in [0.29, 0.717) is 4.57 Å². The van der Waals surface area contributed by atoms with Crippen molar-refractivity contribution >= 4 is 107 Å². The minimum absolute atomic E-state index is 0.0950. The second kappa shape index (κ2) is 26.4. The predicted molar refractivity (Wildman–Crippen MR) is 300 cm³/mol. The lowest BCUT2D eigenvalue weighted by atomic mass is 10.1. The van der Waals surface area contributed by atoms with Crippen LogP contribution in [0.15, 0.2) is 46.0 Å². The van der Waals surface area contributed by atoms with E-state index < -0.39 is 209 Å². The third-order valence-electron chi connectivity index (χ3n) is 15.2. The molecule has 20 atom stereocenters. The monoisotopic (exact) mass is 1510 g/mol. The number of hydrogen-bond acceptors (Lipinski definition) is 42. The van der Waals surface area contributed by atoms with Gasteiger partial charge in [0.2, 0.25) is 17.4 Å². The Morgan fingerprint density at radius 2 is 1.03 bits per heavy atom. The molecule has 4 aliphatic rings. The average Bonchev–Trinajstić information content (AvgIpc) is 1.60. The maximum absolute atomic E-state index is 15.5. The highest BCUT2D eigenvalue weighted by Crippen LogP contribution is 2.63. The molecular formula is C42H49F2N20O30P5-4. The summed E-state index contributed by atoms with van der Waals surface area (Å²) in [6, 6.07) is 0. The minimum Gasteiger partial charge on any atom is -0.756 e. The van der Waals surface area contributed by atoms with Gasteiger partial charge in [0.1, 0.15) is 72.9 Å². The summed E-state index contributed by atoms with van der Waals surface area (Å²) < 4.78 is 168. The maximum Gasteiger partial charge on any atom is 0.333 e. The second-order valence-corrected chi connectivity index (χ2v) is 28.9. The summed E-state index contributed by atoms with van der Waals surface area (Å²) in [5.74, 6) is -5.96. The van der Waals surface area contributed by atoms with Crippen molar-refractivity contribution < 1.29 is 141 Å². The first-order valence-corrected chi connectivity index (χ1v) is 35.0. The van der Waals surface area contributed by atoms with E-state index >= 15 is 8.78 Å². The van der Waals surface area contributed by atoms with Gasteiger partial charge in [-0.3, -0.25) is 70.4 Å². The molecular weight excluding hydrogens is 1460 g/mol. The van der Waals surface area contributed by atoms with Crippen molar-refractivity contribution in [3.8, 4) is 0 Å². The number of nitrogens with two attached hydrogens (primary N) is 4. The van der Waals surface area contributed by atoms with Crippen LogP contribution in [0.2, 0.25) is 0 Å². The van der Waals surface area contributed by atoms with Gasteiger partial charge in [0, 0.05) is 7.11 Å². The number of aliphatic hydroxyl groups excluding tert-OH is 4. The third-order valence-corrected chi connectivity index (χ3v) is 21.3. The number of fused-ring (bicyclic) bond motifs is 4. The standard InChI is InChI=1S/C42H53F2N20O30P5/c1-60-11-64(31-19(60)34(71)59-41(48)56-31)38-42(43,44)26(68)15(90-38)6-86-98(78,79)94-99(80,81)93-97(76,77)85-5-14-24(25(82-2)37(89-14)61-8-51-16-27(45)49-7-50-28(16)61)92-96(74,75)84-4-13-23(22(67)36(88-13)63-10-53-18-30(63)55-40(47)58-33(18)70)91-95(72,73)83-3-12-20(65)21(66)35(87-12)62-9-52-17-29(62)54-39(46)57-32(17)69/h7-15,20-26,35-38,65-68H,3-6H2,1-2H3,(H15-,45,46,47,48,49,50,54,55,56,57,58,59,69,70,71,72,73,74,75,76,77,78,79,80,81)/p-4. The van der Waals surface area contributed by atoms with Crippen molar-refractivity contribution in [1.29, 1.82) is 0 Å². The van der Waals surface area contributed by atoms with Crippen LogP contribution in [0.25, 0.3) is 44.7 Å². The quantitative estimate of drug-likeness (QED) is 0.0187. The molecule has 0 spiro atoms. The van der Waals surface area contributed by atoms with Gasteiger partial charge in [-0.1, -0.05) is 4.98 Å². The van der Waals surface area contributed by atoms with Gasteiger partial charge in [0.15, 0.2) is 64.9 Å². The Morgan fingerprint density at radius 3 is 1.61 bits per heavy atom. The molecule has 0 aliphatic carbocycles. The fraction of sp³-hybridized carbons (Fsp3) is 0.524. The molecule has 4 fully saturated rings. The van der Waals surface area contributed by atoms with Crippen molar-refractivity contribution in [2.24, 2.45) is 7.05 Å². The Morgan fingerprint density at radius 1 is 0.566 bits per heavy atom. The van der Waals surface area contributed by atoms with Crippen LogP contribution in [0.4, 0.5) is 32.4 Å². The Bertz CT molecular complexity index is 4890. The Labute approximate surface area is 543 Å². The van der Waals surface area contributed by atoms with Gasteiger partial charge in [-0.15, -0.1) is 0 Å². The molecule has 50 nitrogen and oxygen atoms in total. The van der Waals surface area contributed by atoms with Crippen molar-refractivity contribution in [3.05, 3.63) is 62.7 Å². The fourth-order valence-corrected chi connectivity index (χ4v) is 16.2. The first kappa shape index (κ1) is 71.7. The number of ether oxygens (including phenoxy) is 5.